The van der Waals surface area contributed by atoms with Crippen molar-refractivity contribution in [1.82, 2.24) is 0 Å². The molecule has 0 aliphatic rings. The highest BCUT2D eigenvalue weighted by molar-refractivity contribution is 7.86. The van der Waals surface area contributed by atoms with E-state index in [0.29, 0.717) is 6.42 Å². The molecule has 0 fully saturated rings. The second kappa shape index (κ2) is 3.39. The molecule has 0 aromatic heterocycles. The predicted molar refractivity (Wildman–Crippen MR) is 36.3 cm³/mol. The first-order valence-electron chi connectivity index (χ1n) is 2.54. The lowest BCUT2D eigenvalue weighted by Gasteiger charge is -2.04. The summed E-state index contributed by atoms with van der Waals surface area (Å²) in [6, 6.07) is 0. The van der Waals surface area contributed by atoms with Crippen molar-refractivity contribution in [1.29, 1.82) is 0 Å². The van der Waals surface area contributed by atoms with E-state index in [1.165, 1.54) is 0 Å². The van der Waals surface area contributed by atoms with Crippen molar-refractivity contribution in [3.05, 3.63) is 0 Å². The summed E-state index contributed by atoms with van der Waals surface area (Å²) in [5.74, 6) is -0.0463. The summed E-state index contributed by atoms with van der Waals surface area (Å²) in [6.07, 6.45) is 0.350. The van der Waals surface area contributed by atoms with Crippen molar-refractivity contribution in [2.75, 3.05) is 5.88 Å². The van der Waals surface area contributed by atoms with Crippen LogP contribution in [0.25, 0.3) is 0 Å². The third kappa shape index (κ3) is 3.03. The Hall–Kier alpha value is 0.200. The summed E-state index contributed by atoms with van der Waals surface area (Å²) >= 11 is 5.21. The highest BCUT2D eigenvalue weighted by atomic mass is 35.5. The third-order valence-electron chi connectivity index (χ3n) is 1.05. The fourth-order valence-electron chi connectivity index (χ4n) is 0.399. The molecule has 0 saturated heterocycles. The molecule has 56 valence electrons. The Balaban J connectivity index is 4.14. The molecular formula is C4H9ClO3S. The maximum Gasteiger partial charge on any atom is 0.268 e. The minimum absolute atomic E-state index is 0.0463. The molecule has 0 amide bonds. The smallest absolute Gasteiger partial charge is 0.268 e. The van der Waals surface area contributed by atoms with E-state index in [0.717, 1.165) is 0 Å². The Morgan fingerprint density at radius 1 is 1.67 bits per heavy atom. The summed E-state index contributed by atoms with van der Waals surface area (Å²) < 4.78 is 28.9. The zero-order valence-electron chi connectivity index (χ0n) is 5.04. The van der Waals surface area contributed by atoms with Crippen LogP contribution in [0, 0.1) is 0 Å². The molecule has 0 heterocycles. The molecule has 0 aliphatic carbocycles. The minimum Gasteiger partial charge on any atom is -0.285 e. The van der Waals surface area contributed by atoms with E-state index in [2.05, 4.69) is 0 Å². The first-order valence-corrected chi connectivity index (χ1v) is 4.58. The lowest BCUT2D eigenvalue weighted by molar-refractivity contribution is 0.469. The van der Waals surface area contributed by atoms with Gasteiger partial charge in [0.05, 0.1) is 5.25 Å². The van der Waals surface area contributed by atoms with Crippen LogP contribution in [-0.2, 0) is 10.1 Å². The Labute approximate surface area is 59.8 Å². The third-order valence-corrected chi connectivity index (χ3v) is 2.95. The maximum atomic E-state index is 10.3. The Kier molecular flexibility index (Phi) is 3.46. The number of halogens is 1. The standard InChI is InChI=1S/C4H9ClO3S/c1-2-4(3-5)9(6,7)8/h4H,2-3H2,1H3,(H,6,7,8). The molecule has 9 heavy (non-hydrogen) atoms. The quantitative estimate of drug-likeness (QED) is 0.508. The van der Waals surface area contributed by atoms with Crippen molar-refractivity contribution < 1.29 is 13.0 Å². The first kappa shape index (κ1) is 9.20. The molecular weight excluding hydrogens is 164 g/mol. The average Bonchev–Trinajstić information content (AvgIpc) is 1.65. The van der Waals surface area contributed by atoms with Crippen molar-refractivity contribution in [2.24, 2.45) is 0 Å². The van der Waals surface area contributed by atoms with Gasteiger partial charge in [-0.2, -0.15) is 8.42 Å². The minimum atomic E-state index is -3.90. The molecule has 0 aromatic rings. The summed E-state index contributed by atoms with van der Waals surface area (Å²) in [6.45, 7) is 1.65. The zero-order chi connectivity index (χ0) is 7.49. The monoisotopic (exact) mass is 172 g/mol. The van der Waals surface area contributed by atoms with E-state index in [-0.39, 0.29) is 5.88 Å². The summed E-state index contributed by atoms with van der Waals surface area (Å²) in [5.41, 5.74) is 0. The van der Waals surface area contributed by atoms with Crippen molar-refractivity contribution in [2.45, 2.75) is 18.6 Å². The van der Waals surface area contributed by atoms with E-state index in [9.17, 15) is 8.42 Å². The van der Waals surface area contributed by atoms with Crippen LogP contribution in [0.3, 0.4) is 0 Å². The van der Waals surface area contributed by atoms with Crippen LogP contribution in [-0.4, -0.2) is 24.1 Å². The van der Waals surface area contributed by atoms with Gasteiger partial charge in [0.15, 0.2) is 0 Å². The molecule has 1 N–H and O–H groups in total. The molecule has 0 aliphatic heterocycles. The number of hydrogen-bond donors (Lipinski definition) is 1. The average molecular weight is 173 g/mol. The van der Waals surface area contributed by atoms with Crippen LogP contribution < -0.4 is 0 Å². The lowest BCUT2D eigenvalue weighted by atomic mass is 10.4. The second-order valence-corrected chi connectivity index (χ2v) is 3.70. The number of rotatable bonds is 3. The van der Waals surface area contributed by atoms with Crippen molar-refractivity contribution >= 4 is 21.7 Å². The molecule has 5 heteroatoms. The van der Waals surface area contributed by atoms with Gasteiger partial charge in [-0.3, -0.25) is 4.55 Å². The fraction of sp³-hybridized carbons (Fsp3) is 1.00. The molecule has 0 saturated carbocycles. The van der Waals surface area contributed by atoms with Crippen LogP contribution in [0.2, 0.25) is 0 Å². The van der Waals surface area contributed by atoms with Gasteiger partial charge < -0.3 is 0 Å². The van der Waals surface area contributed by atoms with Crippen LogP contribution in [0.4, 0.5) is 0 Å². The Morgan fingerprint density at radius 3 is 2.11 bits per heavy atom. The van der Waals surface area contributed by atoms with Gasteiger partial charge in [0, 0.05) is 5.88 Å². The zero-order valence-corrected chi connectivity index (χ0v) is 6.61. The molecule has 0 radical (unpaired) electrons. The van der Waals surface area contributed by atoms with Gasteiger partial charge in [0.1, 0.15) is 0 Å². The fourth-order valence-corrected chi connectivity index (χ4v) is 1.68. The van der Waals surface area contributed by atoms with Crippen LogP contribution in [0.1, 0.15) is 13.3 Å². The SMILES string of the molecule is CCC(CCl)S(=O)(=O)O. The molecule has 0 aromatic carbocycles. The van der Waals surface area contributed by atoms with Crippen molar-refractivity contribution in [3.63, 3.8) is 0 Å². The molecule has 3 nitrogen and oxygen atoms in total. The van der Waals surface area contributed by atoms with E-state index in [1.807, 2.05) is 0 Å². The second-order valence-electron chi connectivity index (χ2n) is 1.70. The van der Waals surface area contributed by atoms with Crippen LogP contribution >= 0.6 is 11.6 Å². The van der Waals surface area contributed by atoms with E-state index in [1.54, 1.807) is 6.92 Å². The van der Waals surface area contributed by atoms with E-state index < -0.39 is 15.4 Å². The molecule has 0 bridgehead atoms. The van der Waals surface area contributed by atoms with Gasteiger partial charge in [0.2, 0.25) is 0 Å². The highest BCUT2D eigenvalue weighted by Gasteiger charge is 2.18. The highest BCUT2D eigenvalue weighted by Crippen LogP contribution is 2.04. The largest absolute Gasteiger partial charge is 0.285 e. The normalized spacial score (nSPS) is 15.4. The van der Waals surface area contributed by atoms with Gasteiger partial charge in [-0.05, 0) is 6.42 Å². The number of hydrogen-bond acceptors (Lipinski definition) is 2. The molecule has 1 unspecified atom stereocenters. The maximum absolute atomic E-state index is 10.3. The first-order chi connectivity index (χ1) is 4.02. The lowest BCUT2D eigenvalue weighted by Crippen LogP contribution is -2.20. The number of alkyl halides is 1. The van der Waals surface area contributed by atoms with Gasteiger partial charge in [-0.15, -0.1) is 11.6 Å². The Bertz CT molecular complexity index is 159. The molecule has 0 spiro atoms. The molecule has 0 rings (SSSR count). The summed E-state index contributed by atoms with van der Waals surface area (Å²) in [4.78, 5) is 0. The van der Waals surface area contributed by atoms with E-state index in [4.69, 9.17) is 16.2 Å². The van der Waals surface area contributed by atoms with Crippen molar-refractivity contribution in [3.8, 4) is 0 Å². The van der Waals surface area contributed by atoms with Gasteiger partial charge >= 0.3 is 0 Å². The summed E-state index contributed by atoms with van der Waals surface area (Å²) in [7, 11) is -3.90. The summed E-state index contributed by atoms with van der Waals surface area (Å²) in [5, 5.41) is -0.806. The van der Waals surface area contributed by atoms with Crippen LogP contribution in [0.5, 0.6) is 0 Å². The molecule has 1 atom stereocenters. The predicted octanol–water partition coefficient (Wildman–Crippen LogP) is 0.892. The Morgan fingerprint density at radius 2 is 2.11 bits per heavy atom. The van der Waals surface area contributed by atoms with Gasteiger partial charge in [-0.1, -0.05) is 6.92 Å². The topological polar surface area (TPSA) is 54.4 Å². The van der Waals surface area contributed by atoms with Crippen LogP contribution in [0.15, 0.2) is 0 Å². The van der Waals surface area contributed by atoms with Gasteiger partial charge in [-0.25, -0.2) is 0 Å². The van der Waals surface area contributed by atoms with E-state index >= 15 is 0 Å². The van der Waals surface area contributed by atoms with Gasteiger partial charge in [0.25, 0.3) is 10.1 Å².